The van der Waals surface area contributed by atoms with E-state index in [4.69, 9.17) is 5.73 Å². The predicted octanol–water partition coefficient (Wildman–Crippen LogP) is 5.04. The number of benzene rings is 3. The van der Waals surface area contributed by atoms with Gasteiger partial charge in [0, 0.05) is 6.54 Å². The van der Waals surface area contributed by atoms with E-state index in [9.17, 15) is 14.4 Å². The number of aromatic nitrogens is 2. The van der Waals surface area contributed by atoms with Crippen LogP contribution in [0.25, 0.3) is 5.69 Å². The van der Waals surface area contributed by atoms with Gasteiger partial charge in [0.1, 0.15) is 23.3 Å². The number of carbonyl (C=O) groups is 1. The van der Waals surface area contributed by atoms with Crippen molar-refractivity contribution in [2.45, 2.75) is 18.1 Å². The SMILES string of the molecule is N#Cc1c(CCCNC(=O)CSC(c2ccccc2)c2ccccc2)nn(-c2ccc(F)cc2)c1N. The number of nitrogens with two attached hydrogens (primary N) is 1. The van der Waals surface area contributed by atoms with Crippen molar-refractivity contribution in [1.29, 1.82) is 5.26 Å². The zero-order valence-electron chi connectivity index (χ0n) is 19.6. The number of nitrogens with one attached hydrogen (secondary N) is 1. The van der Waals surface area contributed by atoms with Gasteiger partial charge in [-0.15, -0.1) is 11.8 Å². The van der Waals surface area contributed by atoms with Crippen LogP contribution in [-0.4, -0.2) is 28.0 Å². The number of nitrogens with zero attached hydrogens (tertiary/aromatic N) is 3. The zero-order valence-corrected chi connectivity index (χ0v) is 20.4. The van der Waals surface area contributed by atoms with Gasteiger partial charge in [0.25, 0.3) is 0 Å². The largest absolute Gasteiger partial charge is 0.382 e. The summed E-state index contributed by atoms with van der Waals surface area (Å²) in [5, 5.41) is 17.0. The van der Waals surface area contributed by atoms with Crippen molar-refractivity contribution in [3.8, 4) is 11.8 Å². The Balaban J connectivity index is 1.31. The summed E-state index contributed by atoms with van der Waals surface area (Å²) in [6.07, 6.45) is 1.08. The van der Waals surface area contributed by atoms with Crippen molar-refractivity contribution < 1.29 is 9.18 Å². The van der Waals surface area contributed by atoms with Crippen LogP contribution in [-0.2, 0) is 11.2 Å². The minimum Gasteiger partial charge on any atom is -0.382 e. The number of anilines is 1. The van der Waals surface area contributed by atoms with E-state index in [2.05, 4.69) is 40.8 Å². The molecule has 0 spiro atoms. The Hall–Kier alpha value is -4.09. The number of carbonyl (C=O) groups excluding carboxylic acids is 1. The van der Waals surface area contributed by atoms with Gasteiger partial charge in [-0.1, -0.05) is 60.7 Å². The summed E-state index contributed by atoms with van der Waals surface area (Å²) in [4.78, 5) is 12.6. The highest BCUT2D eigenvalue weighted by molar-refractivity contribution is 8.00. The summed E-state index contributed by atoms with van der Waals surface area (Å²) in [5.74, 6) is 0.128. The molecule has 1 aromatic heterocycles. The molecule has 0 aliphatic carbocycles. The van der Waals surface area contributed by atoms with Crippen LogP contribution in [0.1, 0.15) is 34.1 Å². The van der Waals surface area contributed by atoms with E-state index in [1.54, 1.807) is 23.9 Å². The van der Waals surface area contributed by atoms with Crippen LogP contribution in [0.3, 0.4) is 0 Å². The van der Waals surface area contributed by atoms with Gasteiger partial charge in [0.2, 0.25) is 5.91 Å². The normalized spacial score (nSPS) is 10.8. The van der Waals surface area contributed by atoms with Crippen LogP contribution in [0.5, 0.6) is 0 Å². The summed E-state index contributed by atoms with van der Waals surface area (Å²) >= 11 is 1.59. The average Bonchev–Trinajstić information content (AvgIpc) is 3.23. The van der Waals surface area contributed by atoms with E-state index < -0.39 is 0 Å². The number of hydrogen-bond acceptors (Lipinski definition) is 5. The molecule has 36 heavy (non-hydrogen) atoms. The first-order valence-corrected chi connectivity index (χ1v) is 12.6. The van der Waals surface area contributed by atoms with Crippen molar-refractivity contribution in [1.82, 2.24) is 15.1 Å². The Morgan fingerprint density at radius 1 is 1.03 bits per heavy atom. The Bertz CT molecular complexity index is 1290. The Morgan fingerprint density at radius 3 is 2.22 bits per heavy atom. The molecule has 0 aliphatic rings. The number of rotatable bonds is 10. The zero-order chi connectivity index (χ0) is 25.3. The second-order valence-electron chi connectivity index (χ2n) is 8.17. The molecule has 0 aliphatic heterocycles. The van der Waals surface area contributed by atoms with Crippen LogP contribution in [0, 0.1) is 17.1 Å². The van der Waals surface area contributed by atoms with E-state index >= 15 is 0 Å². The van der Waals surface area contributed by atoms with E-state index in [0.717, 1.165) is 11.1 Å². The maximum Gasteiger partial charge on any atom is 0.230 e. The lowest BCUT2D eigenvalue weighted by molar-refractivity contribution is -0.118. The average molecular weight is 500 g/mol. The van der Waals surface area contributed by atoms with Gasteiger partial charge in [-0.25, -0.2) is 9.07 Å². The molecule has 0 saturated heterocycles. The van der Waals surface area contributed by atoms with Gasteiger partial charge in [0.15, 0.2) is 0 Å². The molecule has 8 heteroatoms. The van der Waals surface area contributed by atoms with Gasteiger partial charge in [-0.2, -0.15) is 10.4 Å². The first-order valence-electron chi connectivity index (χ1n) is 11.6. The van der Waals surface area contributed by atoms with Crippen LogP contribution in [0.4, 0.5) is 10.2 Å². The fraction of sp³-hybridized carbons (Fsp3) is 0.179. The molecule has 3 N–H and O–H groups in total. The van der Waals surface area contributed by atoms with Crippen LogP contribution in [0.2, 0.25) is 0 Å². The first kappa shape index (κ1) is 25.0. The lowest BCUT2D eigenvalue weighted by Gasteiger charge is -2.17. The molecular weight excluding hydrogens is 473 g/mol. The van der Waals surface area contributed by atoms with Crippen LogP contribution < -0.4 is 11.1 Å². The predicted molar refractivity (Wildman–Crippen MR) is 141 cm³/mol. The van der Waals surface area contributed by atoms with Crippen molar-refractivity contribution in [3.63, 3.8) is 0 Å². The topological polar surface area (TPSA) is 96.7 Å². The third-order valence-corrected chi connectivity index (χ3v) is 6.98. The molecule has 4 rings (SSSR count). The van der Waals surface area contributed by atoms with Crippen molar-refractivity contribution in [2.24, 2.45) is 0 Å². The molecule has 0 fully saturated rings. The molecule has 0 bridgehead atoms. The van der Waals surface area contributed by atoms with Gasteiger partial charge in [-0.3, -0.25) is 4.79 Å². The minimum absolute atomic E-state index is 0.0475. The Morgan fingerprint density at radius 2 is 1.64 bits per heavy atom. The van der Waals surface area contributed by atoms with E-state index in [-0.39, 0.29) is 22.8 Å². The van der Waals surface area contributed by atoms with Crippen molar-refractivity contribution >= 4 is 23.5 Å². The third kappa shape index (κ3) is 6.12. The molecule has 0 unspecified atom stereocenters. The Kier molecular flexibility index (Phi) is 8.37. The van der Waals surface area contributed by atoms with Crippen molar-refractivity contribution in [3.05, 3.63) is 113 Å². The first-order chi connectivity index (χ1) is 17.6. The fourth-order valence-corrected chi connectivity index (χ4v) is 5.01. The number of hydrogen-bond donors (Lipinski definition) is 2. The smallest absolute Gasteiger partial charge is 0.230 e. The van der Waals surface area contributed by atoms with E-state index in [0.29, 0.717) is 42.1 Å². The van der Waals surface area contributed by atoms with Crippen LogP contribution >= 0.6 is 11.8 Å². The number of thioether (sulfide) groups is 1. The van der Waals surface area contributed by atoms with E-state index in [1.807, 2.05) is 36.4 Å². The van der Waals surface area contributed by atoms with Gasteiger partial charge in [0.05, 0.1) is 22.4 Å². The molecule has 4 aromatic rings. The highest BCUT2D eigenvalue weighted by Gasteiger charge is 2.18. The molecule has 1 heterocycles. The highest BCUT2D eigenvalue weighted by atomic mass is 32.2. The molecule has 182 valence electrons. The van der Waals surface area contributed by atoms with Crippen LogP contribution in [0.15, 0.2) is 84.9 Å². The van der Waals surface area contributed by atoms with E-state index in [1.165, 1.54) is 16.8 Å². The fourth-order valence-electron chi connectivity index (χ4n) is 3.89. The molecule has 6 nitrogen and oxygen atoms in total. The van der Waals surface area contributed by atoms with Gasteiger partial charge >= 0.3 is 0 Å². The quantitative estimate of drug-likeness (QED) is 0.298. The molecule has 0 radical (unpaired) electrons. The molecular formula is C28H26FN5OS. The second-order valence-corrected chi connectivity index (χ2v) is 9.27. The van der Waals surface area contributed by atoms with Crippen molar-refractivity contribution in [2.75, 3.05) is 18.0 Å². The molecule has 0 saturated carbocycles. The summed E-state index contributed by atoms with van der Waals surface area (Å²) in [6, 6.07) is 28.1. The van der Waals surface area contributed by atoms with Gasteiger partial charge in [-0.05, 0) is 48.2 Å². The van der Waals surface area contributed by atoms with Gasteiger partial charge < -0.3 is 11.1 Å². The summed E-state index contributed by atoms with van der Waals surface area (Å²) < 4.78 is 14.7. The number of nitrogen functional groups attached to an aromatic ring is 1. The number of aryl methyl sites for hydroxylation is 1. The third-order valence-electron chi connectivity index (χ3n) is 5.67. The molecule has 3 aromatic carbocycles. The summed E-state index contributed by atoms with van der Waals surface area (Å²) in [5.41, 5.74) is 9.85. The number of amides is 1. The number of nitriles is 1. The standard InChI is InChI=1S/C28H26FN5OS/c29-22-13-15-23(16-14-22)34-28(31)24(18-30)25(33-34)12-7-17-32-26(35)19-36-27(20-8-3-1-4-9-20)21-10-5-2-6-11-21/h1-6,8-11,13-16,27H,7,12,17,19,31H2,(H,32,35). The maximum absolute atomic E-state index is 13.2. The summed E-state index contributed by atoms with van der Waals surface area (Å²) in [7, 11) is 0. The number of halogens is 1. The lowest BCUT2D eigenvalue weighted by Crippen LogP contribution is -2.27. The summed E-state index contributed by atoms with van der Waals surface area (Å²) in [6.45, 7) is 0.453. The molecule has 1 amide bonds. The minimum atomic E-state index is -0.363. The maximum atomic E-state index is 13.2. The monoisotopic (exact) mass is 499 g/mol. The lowest BCUT2D eigenvalue weighted by atomic mass is 10.0. The molecule has 0 atom stereocenters. The second kappa shape index (κ2) is 12.0. The highest BCUT2D eigenvalue weighted by Crippen LogP contribution is 2.35. The Labute approximate surface area is 213 Å².